The van der Waals surface area contributed by atoms with Crippen LogP contribution >= 0.6 is 0 Å². The van der Waals surface area contributed by atoms with Gasteiger partial charge in [-0.3, -0.25) is 4.79 Å². The van der Waals surface area contributed by atoms with Crippen LogP contribution in [0.25, 0.3) is 0 Å². The van der Waals surface area contributed by atoms with E-state index in [9.17, 15) is 4.79 Å². The maximum atomic E-state index is 12.1. The number of ether oxygens (including phenoxy) is 1. The van der Waals surface area contributed by atoms with E-state index in [0.717, 1.165) is 49.6 Å². The highest BCUT2D eigenvalue weighted by molar-refractivity contribution is 5.93. The zero-order valence-electron chi connectivity index (χ0n) is 13.3. The number of methoxy groups -OCH3 is 1. The van der Waals surface area contributed by atoms with Crippen molar-refractivity contribution in [2.24, 2.45) is 0 Å². The Hall–Kier alpha value is -2.50. The normalized spacial score (nSPS) is 13.1. The first-order valence-corrected chi connectivity index (χ1v) is 7.99. The van der Waals surface area contributed by atoms with E-state index in [2.05, 4.69) is 15.7 Å². The van der Waals surface area contributed by atoms with E-state index in [1.165, 1.54) is 5.56 Å². The Morgan fingerprint density at radius 2 is 2.22 bits per heavy atom. The van der Waals surface area contributed by atoms with Crippen molar-refractivity contribution in [1.82, 2.24) is 9.78 Å². The number of benzene rings is 1. The van der Waals surface area contributed by atoms with Crippen molar-refractivity contribution in [3.63, 3.8) is 0 Å². The quantitative estimate of drug-likeness (QED) is 0.860. The number of rotatable bonds is 6. The van der Waals surface area contributed by atoms with Crippen LogP contribution in [-0.4, -0.2) is 29.3 Å². The Bertz CT molecular complexity index is 664. The van der Waals surface area contributed by atoms with Gasteiger partial charge in [0.2, 0.25) is 5.91 Å². The summed E-state index contributed by atoms with van der Waals surface area (Å²) in [6.07, 6.45) is 4.96. The van der Waals surface area contributed by atoms with Gasteiger partial charge in [-0.2, -0.15) is 5.10 Å². The van der Waals surface area contributed by atoms with Crippen LogP contribution in [0.3, 0.4) is 0 Å². The number of carbonyl (C=O) groups excluding carboxylic acids is 1. The van der Waals surface area contributed by atoms with Crippen molar-refractivity contribution in [2.45, 2.75) is 32.2 Å². The first-order valence-electron chi connectivity index (χ1n) is 7.99. The molecule has 2 aromatic rings. The molecule has 0 spiro atoms. The fourth-order valence-corrected chi connectivity index (χ4v) is 2.73. The second kappa shape index (κ2) is 7.17. The molecule has 0 unspecified atom stereocenters. The highest BCUT2D eigenvalue weighted by Gasteiger charge is 2.15. The molecule has 1 aromatic heterocycles. The number of carbonyl (C=O) groups is 1. The third-order valence-electron chi connectivity index (χ3n) is 3.98. The summed E-state index contributed by atoms with van der Waals surface area (Å²) in [5.74, 6) is 1.80. The molecular weight excluding hydrogens is 292 g/mol. The summed E-state index contributed by atoms with van der Waals surface area (Å²) in [5.41, 5.74) is 1.99. The van der Waals surface area contributed by atoms with Crippen LogP contribution in [0.15, 0.2) is 30.5 Å². The number of nitrogens with one attached hydrogen (secondary N) is 2. The van der Waals surface area contributed by atoms with Gasteiger partial charge in [0.25, 0.3) is 0 Å². The Morgan fingerprint density at radius 3 is 3.00 bits per heavy atom. The minimum atomic E-state index is 0.0293. The average Bonchev–Trinajstić information content (AvgIpc) is 2.99. The molecule has 0 aliphatic carbocycles. The Labute approximate surface area is 135 Å². The van der Waals surface area contributed by atoms with Gasteiger partial charge in [0, 0.05) is 19.5 Å². The van der Waals surface area contributed by atoms with Gasteiger partial charge >= 0.3 is 0 Å². The molecule has 2 N–H and O–H groups in total. The maximum Gasteiger partial charge on any atom is 0.224 e. The molecule has 0 fully saturated rings. The topological polar surface area (TPSA) is 68.2 Å². The lowest BCUT2D eigenvalue weighted by atomic mass is 10.1. The second-order valence-corrected chi connectivity index (χ2v) is 5.66. The van der Waals surface area contributed by atoms with E-state index in [-0.39, 0.29) is 5.91 Å². The molecule has 6 heteroatoms. The second-order valence-electron chi connectivity index (χ2n) is 5.66. The summed E-state index contributed by atoms with van der Waals surface area (Å²) >= 11 is 0. The van der Waals surface area contributed by atoms with E-state index in [0.29, 0.717) is 6.42 Å². The lowest BCUT2D eigenvalue weighted by molar-refractivity contribution is -0.116. The van der Waals surface area contributed by atoms with Crippen LogP contribution in [0.5, 0.6) is 5.75 Å². The molecule has 23 heavy (non-hydrogen) atoms. The minimum absolute atomic E-state index is 0.0293. The van der Waals surface area contributed by atoms with Crippen molar-refractivity contribution in [1.29, 1.82) is 0 Å². The average molecular weight is 314 g/mol. The lowest BCUT2D eigenvalue weighted by Gasteiger charge is -2.17. The van der Waals surface area contributed by atoms with Crippen LogP contribution < -0.4 is 15.4 Å². The van der Waals surface area contributed by atoms with Crippen LogP contribution in [0.2, 0.25) is 0 Å². The molecular formula is C17H22N4O2. The van der Waals surface area contributed by atoms with Crippen molar-refractivity contribution in [3.8, 4) is 5.75 Å². The fourth-order valence-electron chi connectivity index (χ4n) is 2.73. The van der Waals surface area contributed by atoms with Crippen LogP contribution in [0.4, 0.5) is 11.5 Å². The summed E-state index contributed by atoms with van der Waals surface area (Å²) in [5, 5.41) is 10.5. The zero-order valence-corrected chi connectivity index (χ0v) is 13.3. The number of aryl methyl sites for hydroxylation is 2. The van der Waals surface area contributed by atoms with Crippen LogP contribution in [0, 0.1) is 0 Å². The number of amides is 1. The van der Waals surface area contributed by atoms with Crippen molar-refractivity contribution in [3.05, 3.63) is 36.0 Å². The van der Waals surface area contributed by atoms with Crippen LogP contribution in [-0.2, 0) is 17.8 Å². The van der Waals surface area contributed by atoms with E-state index in [1.54, 1.807) is 13.3 Å². The van der Waals surface area contributed by atoms with E-state index in [4.69, 9.17) is 4.74 Å². The van der Waals surface area contributed by atoms with E-state index >= 15 is 0 Å². The first kappa shape index (κ1) is 15.4. The number of fused-ring (bicyclic) bond motifs is 1. The Kier molecular flexibility index (Phi) is 4.80. The number of hydrogen-bond acceptors (Lipinski definition) is 4. The van der Waals surface area contributed by atoms with Gasteiger partial charge in [-0.15, -0.1) is 0 Å². The number of nitrogens with zero attached hydrogens (tertiary/aromatic N) is 2. The van der Waals surface area contributed by atoms with Crippen molar-refractivity contribution < 1.29 is 9.53 Å². The lowest BCUT2D eigenvalue weighted by Crippen LogP contribution is -2.19. The fraction of sp³-hybridized carbons (Fsp3) is 0.412. The molecule has 0 saturated heterocycles. The van der Waals surface area contributed by atoms with E-state index < -0.39 is 0 Å². The zero-order chi connectivity index (χ0) is 16.1. The third-order valence-corrected chi connectivity index (χ3v) is 3.98. The maximum absolute atomic E-state index is 12.1. The third kappa shape index (κ3) is 3.83. The molecule has 3 rings (SSSR count). The minimum Gasteiger partial charge on any atom is -0.497 e. The molecule has 2 heterocycles. The summed E-state index contributed by atoms with van der Waals surface area (Å²) in [7, 11) is 1.66. The van der Waals surface area contributed by atoms with Gasteiger partial charge in [-0.05, 0) is 37.0 Å². The predicted molar refractivity (Wildman–Crippen MR) is 89.9 cm³/mol. The largest absolute Gasteiger partial charge is 0.497 e. The summed E-state index contributed by atoms with van der Waals surface area (Å²) < 4.78 is 7.04. The summed E-state index contributed by atoms with van der Waals surface area (Å²) in [4.78, 5) is 12.1. The predicted octanol–water partition coefficient (Wildman–Crippen LogP) is 2.67. The Morgan fingerprint density at radius 1 is 1.39 bits per heavy atom. The molecule has 1 aliphatic heterocycles. The molecule has 1 aromatic carbocycles. The molecule has 0 atom stereocenters. The molecule has 0 saturated carbocycles. The molecule has 0 radical (unpaired) electrons. The van der Waals surface area contributed by atoms with Crippen LogP contribution in [0.1, 0.15) is 24.8 Å². The monoisotopic (exact) mass is 314 g/mol. The van der Waals surface area contributed by atoms with Gasteiger partial charge in [-0.1, -0.05) is 12.1 Å². The SMILES string of the molecule is COc1ccc(CCCC(=O)Nc2cnn3c2NCCC3)cc1. The number of anilines is 2. The van der Waals surface area contributed by atoms with Gasteiger partial charge in [0.15, 0.2) is 0 Å². The first-order chi connectivity index (χ1) is 11.3. The van der Waals surface area contributed by atoms with Crippen molar-refractivity contribution >= 4 is 17.4 Å². The van der Waals surface area contributed by atoms with E-state index in [1.807, 2.05) is 28.9 Å². The van der Waals surface area contributed by atoms with Gasteiger partial charge in [0.05, 0.1) is 13.3 Å². The molecule has 0 bridgehead atoms. The molecule has 122 valence electrons. The summed E-state index contributed by atoms with van der Waals surface area (Å²) in [6.45, 7) is 1.82. The molecule has 6 nitrogen and oxygen atoms in total. The van der Waals surface area contributed by atoms with Gasteiger partial charge in [-0.25, -0.2) is 4.68 Å². The standard InChI is InChI=1S/C17H22N4O2/c1-23-14-8-6-13(7-9-14)4-2-5-16(22)20-15-12-19-21-11-3-10-18-17(15)21/h6-9,12,18H,2-5,10-11H2,1H3,(H,20,22). The smallest absolute Gasteiger partial charge is 0.224 e. The highest BCUT2D eigenvalue weighted by Crippen LogP contribution is 2.24. The Balaban J connectivity index is 1.47. The van der Waals surface area contributed by atoms with Gasteiger partial charge < -0.3 is 15.4 Å². The number of hydrogen-bond donors (Lipinski definition) is 2. The number of aromatic nitrogens is 2. The highest BCUT2D eigenvalue weighted by atomic mass is 16.5. The molecule has 1 aliphatic rings. The molecule has 1 amide bonds. The van der Waals surface area contributed by atoms with Gasteiger partial charge in [0.1, 0.15) is 17.3 Å². The van der Waals surface area contributed by atoms with Crippen molar-refractivity contribution in [2.75, 3.05) is 24.3 Å². The summed E-state index contributed by atoms with van der Waals surface area (Å²) in [6, 6.07) is 7.96.